The molecule has 0 radical (unpaired) electrons. The van der Waals surface area contributed by atoms with Gasteiger partial charge in [0.2, 0.25) is 0 Å². The second kappa shape index (κ2) is 10.7. The number of hydrogen-bond acceptors (Lipinski definition) is 7. The summed E-state index contributed by atoms with van der Waals surface area (Å²) < 4.78 is 19.3. The molecule has 0 unspecified atom stereocenters. The Labute approximate surface area is 152 Å². The van der Waals surface area contributed by atoms with Gasteiger partial charge >= 0.3 is 11.9 Å². The Kier molecular flexibility index (Phi) is 9.34. The largest absolute Gasteiger partial charge is 0.497 e. The number of carbonyl (C=O) groups excluding carboxylic acids is 2. The van der Waals surface area contributed by atoms with Crippen LogP contribution in [0.3, 0.4) is 0 Å². The molecule has 0 heterocycles. The standard InChI is InChI=1S/C11H12O5.C4H7IOS/c1-14-7-4-5-8(10(12)15-2)9(6-7)11(13)16-3;5-7-6-4-2-1-3-4/h4-6H,1-3H3;4H,1-3H2. The van der Waals surface area contributed by atoms with E-state index in [4.69, 9.17) is 8.92 Å². The molecule has 0 N–H and O–H groups in total. The first kappa shape index (κ1) is 20.0. The van der Waals surface area contributed by atoms with Crippen molar-refractivity contribution >= 4 is 42.4 Å². The third-order valence-electron chi connectivity index (χ3n) is 3.26. The van der Waals surface area contributed by atoms with Crippen molar-refractivity contribution in [1.82, 2.24) is 0 Å². The Morgan fingerprint density at radius 1 is 1.09 bits per heavy atom. The van der Waals surface area contributed by atoms with Crippen molar-refractivity contribution in [2.24, 2.45) is 0 Å². The lowest BCUT2D eigenvalue weighted by atomic mass is 9.97. The molecule has 1 fully saturated rings. The van der Waals surface area contributed by atoms with E-state index in [-0.39, 0.29) is 11.1 Å². The van der Waals surface area contributed by atoms with E-state index >= 15 is 0 Å². The minimum atomic E-state index is -0.612. The van der Waals surface area contributed by atoms with Crippen molar-refractivity contribution < 1.29 is 28.0 Å². The van der Waals surface area contributed by atoms with Gasteiger partial charge in [-0.2, -0.15) is 0 Å². The molecule has 8 heteroatoms. The van der Waals surface area contributed by atoms with Crippen LogP contribution < -0.4 is 4.74 Å². The van der Waals surface area contributed by atoms with Crippen LogP contribution in [0, 0.1) is 0 Å². The third kappa shape index (κ3) is 6.19. The molecule has 0 bridgehead atoms. The normalized spacial score (nSPS) is 13.2. The third-order valence-corrected chi connectivity index (χ3v) is 4.23. The van der Waals surface area contributed by atoms with Crippen molar-refractivity contribution in [3.63, 3.8) is 0 Å². The lowest BCUT2D eigenvalue weighted by Gasteiger charge is -2.22. The van der Waals surface area contributed by atoms with Crippen LogP contribution in [0.2, 0.25) is 0 Å². The molecule has 0 spiro atoms. The summed E-state index contributed by atoms with van der Waals surface area (Å²) >= 11 is 2.15. The molecule has 0 saturated heterocycles. The van der Waals surface area contributed by atoms with Crippen LogP contribution in [0.15, 0.2) is 18.2 Å². The summed E-state index contributed by atoms with van der Waals surface area (Å²) in [5.74, 6) is -0.740. The van der Waals surface area contributed by atoms with Crippen molar-refractivity contribution in [1.29, 1.82) is 0 Å². The van der Waals surface area contributed by atoms with Crippen LogP contribution in [0.25, 0.3) is 0 Å². The zero-order valence-electron chi connectivity index (χ0n) is 13.2. The average molecular weight is 454 g/mol. The number of benzene rings is 1. The van der Waals surface area contributed by atoms with E-state index in [1.165, 1.54) is 61.9 Å². The molecule has 23 heavy (non-hydrogen) atoms. The zero-order chi connectivity index (χ0) is 17.2. The van der Waals surface area contributed by atoms with Gasteiger partial charge in [-0.1, -0.05) is 0 Å². The van der Waals surface area contributed by atoms with E-state index in [9.17, 15) is 9.59 Å². The molecular weight excluding hydrogens is 435 g/mol. The van der Waals surface area contributed by atoms with Crippen LogP contribution in [0.1, 0.15) is 40.0 Å². The molecule has 1 aromatic carbocycles. The Morgan fingerprint density at radius 2 is 1.70 bits per heavy atom. The first-order valence-corrected chi connectivity index (χ1v) is 10.1. The van der Waals surface area contributed by atoms with Gasteiger partial charge in [-0.15, -0.1) is 0 Å². The summed E-state index contributed by atoms with van der Waals surface area (Å²) in [5.41, 5.74) is 0.267. The molecule has 0 aliphatic heterocycles. The van der Waals surface area contributed by atoms with Crippen molar-refractivity contribution in [3.05, 3.63) is 29.3 Å². The maximum atomic E-state index is 11.4. The van der Waals surface area contributed by atoms with Gasteiger partial charge in [-0.3, -0.25) is 0 Å². The van der Waals surface area contributed by atoms with Crippen LogP contribution in [-0.2, 0) is 13.7 Å². The van der Waals surface area contributed by atoms with Crippen LogP contribution >= 0.6 is 30.4 Å². The van der Waals surface area contributed by atoms with Crippen molar-refractivity contribution in [3.8, 4) is 5.75 Å². The second-order valence-corrected chi connectivity index (χ2v) is 6.00. The maximum Gasteiger partial charge on any atom is 0.338 e. The Balaban J connectivity index is 0.000000313. The molecule has 1 saturated carbocycles. The number of methoxy groups -OCH3 is 3. The highest BCUT2D eigenvalue weighted by Crippen LogP contribution is 2.28. The van der Waals surface area contributed by atoms with Gasteiger partial charge in [0, 0.05) is 21.2 Å². The van der Waals surface area contributed by atoms with Crippen molar-refractivity contribution in [2.45, 2.75) is 25.4 Å². The Morgan fingerprint density at radius 3 is 2.09 bits per heavy atom. The van der Waals surface area contributed by atoms with E-state index in [2.05, 4.69) is 30.7 Å². The van der Waals surface area contributed by atoms with Gasteiger partial charge in [-0.25, -0.2) is 9.59 Å². The molecule has 0 amide bonds. The Bertz CT molecular complexity index is 533. The smallest absolute Gasteiger partial charge is 0.338 e. The molecule has 128 valence electrons. The van der Waals surface area contributed by atoms with Crippen molar-refractivity contribution in [2.75, 3.05) is 21.3 Å². The van der Waals surface area contributed by atoms with Crippen LogP contribution in [0.4, 0.5) is 0 Å². The Hall–Kier alpha value is -1.000. The monoisotopic (exact) mass is 454 g/mol. The maximum absolute atomic E-state index is 11.4. The number of esters is 2. The molecule has 1 aliphatic carbocycles. The number of carbonyl (C=O) groups is 2. The van der Waals surface area contributed by atoms with Gasteiger partial charge in [0.15, 0.2) is 0 Å². The highest BCUT2D eigenvalue weighted by atomic mass is 127. The lowest BCUT2D eigenvalue weighted by molar-refractivity contribution is 0.0555. The van der Waals surface area contributed by atoms with E-state index in [0.29, 0.717) is 11.9 Å². The highest BCUT2D eigenvalue weighted by Gasteiger charge is 2.19. The minimum Gasteiger partial charge on any atom is -0.497 e. The van der Waals surface area contributed by atoms with Gasteiger partial charge < -0.3 is 18.4 Å². The van der Waals surface area contributed by atoms with E-state index in [1.807, 2.05) is 0 Å². The molecule has 1 aromatic rings. The second-order valence-electron chi connectivity index (χ2n) is 4.61. The fraction of sp³-hybridized carbons (Fsp3) is 0.467. The first-order chi connectivity index (χ1) is 11.1. The highest BCUT2D eigenvalue weighted by molar-refractivity contribution is 14.2. The minimum absolute atomic E-state index is 0.119. The summed E-state index contributed by atoms with van der Waals surface area (Å²) in [6.45, 7) is 0. The quantitative estimate of drug-likeness (QED) is 0.381. The molecule has 2 rings (SSSR count). The fourth-order valence-electron chi connectivity index (χ4n) is 1.74. The molecular formula is C15H19IO6S. The zero-order valence-corrected chi connectivity index (χ0v) is 16.1. The van der Waals surface area contributed by atoms with E-state index < -0.39 is 11.9 Å². The predicted octanol–water partition coefficient (Wildman–Crippen LogP) is 3.82. The number of rotatable bonds is 5. The molecule has 0 aromatic heterocycles. The fourth-order valence-corrected chi connectivity index (χ4v) is 2.91. The van der Waals surface area contributed by atoms with Gasteiger partial charge in [0.25, 0.3) is 0 Å². The summed E-state index contributed by atoms with van der Waals surface area (Å²) in [6.07, 6.45) is 4.50. The topological polar surface area (TPSA) is 71.1 Å². The van der Waals surface area contributed by atoms with E-state index in [0.717, 1.165) is 0 Å². The molecule has 0 atom stereocenters. The average Bonchev–Trinajstić information content (AvgIpc) is 2.56. The first-order valence-electron chi connectivity index (χ1n) is 6.86. The number of halogens is 1. The summed E-state index contributed by atoms with van der Waals surface area (Å²) in [7, 11) is 5.40. The molecule has 1 aliphatic rings. The summed E-state index contributed by atoms with van der Waals surface area (Å²) in [5, 5.41) is 0. The molecule has 6 nitrogen and oxygen atoms in total. The van der Waals surface area contributed by atoms with E-state index in [1.54, 1.807) is 6.07 Å². The number of ether oxygens (including phenoxy) is 3. The van der Waals surface area contributed by atoms with Gasteiger partial charge in [-0.05, 0) is 37.5 Å². The predicted molar refractivity (Wildman–Crippen MR) is 96.0 cm³/mol. The van der Waals surface area contributed by atoms with Crippen LogP contribution in [0.5, 0.6) is 5.75 Å². The van der Waals surface area contributed by atoms with Gasteiger partial charge in [0.05, 0.1) is 47.8 Å². The summed E-state index contributed by atoms with van der Waals surface area (Å²) in [6, 6.07) is 4.45. The lowest BCUT2D eigenvalue weighted by Crippen LogP contribution is -2.17. The number of hydrogen-bond donors (Lipinski definition) is 0. The van der Waals surface area contributed by atoms with Gasteiger partial charge in [0.1, 0.15) is 5.75 Å². The summed E-state index contributed by atoms with van der Waals surface area (Å²) in [4.78, 5) is 22.8. The van der Waals surface area contributed by atoms with Crippen LogP contribution in [-0.4, -0.2) is 39.4 Å². The SMILES string of the molecule is COC(=O)c1ccc(OC)cc1C(=O)OC.ISOC1CCC1.